The zero-order chi connectivity index (χ0) is 18.4. The summed E-state index contributed by atoms with van der Waals surface area (Å²) in [4.78, 5) is 20.7. The smallest absolute Gasteiger partial charge is 0.252 e. The van der Waals surface area contributed by atoms with Gasteiger partial charge in [-0.05, 0) is 38.7 Å². The van der Waals surface area contributed by atoms with Gasteiger partial charge in [0.1, 0.15) is 6.33 Å². The number of amides is 1. The number of fused-ring (bicyclic) bond motifs is 1. The standard InChI is InChI=1S/C19H30N6O/c1-14-17(15(2)25-19(24-14)22-13-23-25)9-10-18(26)21-12-11-20-16-7-5-3-4-6-8-16/h13,16,20H,3-12H2,1-2H3,(H,21,26). The summed E-state index contributed by atoms with van der Waals surface area (Å²) in [5.74, 6) is 0.697. The second-order valence-electron chi connectivity index (χ2n) is 7.23. The van der Waals surface area contributed by atoms with Crippen molar-refractivity contribution in [3.63, 3.8) is 0 Å². The molecule has 1 aliphatic rings. The molecule has 0 radical (unpaired) electrons. The second-order valence-corrected chi connectivity index (χ2v) is 7.23. The van der Waals surface area contributed by atoms with Crippen LogP contribution < -0.4 is 10.6 Å². The molecule has 7 heteroatoms. The molecule has 3 rings (SSSR count). The van der Waals surface area contributed by atoms with E-state index < -0.39 is 0 Å². The Balaban J connectivity index is 1.41. The van der Waals surface area contributed by atoms with Crippen LogP contribution >= 0.6 is 0 Å². The van der Waals surface area contributed by atoms with Gasteiger partial charge in [0.15, 0.2) is 0 Å². The molecular weight excluding hydrogens is 328 g/mol. The molecule has 0 atom stereocenters. The fraction of sp³-hybridized carbons (Fsp3) is 0.684. The maximum absolute atomic E-state index is 12.2. The summed E-state index contributed by atoms with van der Waals surface area (Å²) >= 11 is 0. The minimum absolute atomic E-state index is 0.0881. The van der Waals surface area contributed by atoms with Crippen LogP contribution in [0.3, 0.4) is 0 Å². The van der Waals surface area contributed by atoms with Crippen molar-refractivity contribution in [3.05, 3.63) is 23.3 Å². The first-order chi connectivity index (χ1) is 12.6. The number of carbonyl (C=O) groups excluding carboxylic acids is 1. The first-order valence-corrected chi connectivity index (χ1v) is 9.81. The maximum atomic E-state index is 12.2. The van der Waals surface area contributed by atoms with E-state index in [0.717, 1.165) is 23.5 Å². The molecule has 142 valence electrons. The number of rotatable bonds is 7. The van der Waals surface area contributed by atoms with Crippen LogP contribution in [0.5, 0.6) is 0 Å². The number of carbonyl (C=O) groups is 1. The summed E-state index contributed by atoms with van der Waals surface area (Å²) in [5.41, 5.74) is 3.01. The lowest BCUT2D eigenvalue weighted by molar-refractivity contribution is -0.121. The van der Waals surface area contributed by atoms with E-state index in [9.17, 15) is 4.79 Å². The molecule has 1 fully saturated rings. The molecule has 1 aliphatic carbocycles. The van der Waals surface area contributed by atoms with Gasteiger partial charge in [-0.2, -0.15) is 10.1 Å². The summed E-state index contributed by atoms with van der Waals surface area (Å²) in [6.07, 6.45) is 10.6. The molecule has 0 aromatic carbocycles. The van der Waals surface area contributed by atoms with Crippen LogP contribution in [0.15, 0.2) is 6.33 Å². The summed E-state index contributed by atoms with van der Waals surface area (Å²) in [7, 11) is 0. The Morgan fingerprint density at radius 3 is 2.73 bits per heavy atom. The predicted molar refractivity (Wildman–Crippen MR) is 101 cm³/mol. The summed E-state index contributed by atoms with van der Waals surface area (Å²) < 4.78 is 1.73. The van der Waals surface area contributed by atoms with E-state index in [1.165, 1.54) is 44.9 Å². The molecule has 2 aromatic rings. The van der Waals surface area contributed by atoms with E-state index in [1.807, 2.05) is 13.8 Å². The third kappa shape index (κ3) is 4.78. The fourth-order valence-electron chi connectivity index (χ4n) is 3.81. The third-order valence-corrected chi connectivity index (χ3v) is 5.33. The molecule has 0 saturated heterocycles. The molecule has 2 heterocycles. The lowest BCUT2D eigenvalue weighted by atomic mass is 10.1. The van der Waals surface area contributed by atoms with Crippen molar-refractivity contribution in [1.82, 2.24) is 30.2 Å². The molecule has 7 nitrogen and oxygen atoms in total. The zero-order valence-corrected chi connectivity index (χ0v) is 15.9. The van der Waals surface area contributed by atoms with E-state index in [4.69, 9.17) is 0 Å². The van der Waals surface area contributed by atoms with E-state index in [1.54, 1.807) is 4.52 Å². The van der Waals surface area contributed by atoms with E-state index in [-0.39, 0.29) is 5.91 Å². The van der Waals surface area contributed by atoms with Crippen LogP contribution in [-0.2, 0) is 11.2 Å². The van der Waals surface area contributed by atoms with Gasteiger partial charge in [-0.3, -0.25) is 4.79 Å². The Hall–Kier alpha value is -2.02. The van der Waals surface area contributed by atoms with Gasteiger partial charge in [0.2, 0.25) is 5.91 Å². The van der Waals surface area contributed by atoms with Crippen molar-refractivity contribution in [2.75, 3.05) is 13.1 Å². The number of aryl methyl sites for hydroxylation is 2. The second kappa shape index (κ2) is 9.07. The highest BCUT2D eigenvalue weighted by Gasteiger charge is 2.13. The first kappa shape index (κ1) is 18.8. The van der Waals surface area contributed by atoms with E-state index in [2.05, 4.69) is 25.7 Å². The van der Waals surface area contributed by atoms with Crippen molar-refractivity contribution < 1.29 is 4.79 Å². The number of hydrogen-bond acceptors (Lipinski definition) is 5. The molecule has 0 spiro atoms. The lowest BCUT2D eigenvalue weighted by Crippen LogP contribution is -2.37. The van der Waals surface area contributed by atoms with Gasteiger partial charge in [-0.25, -0.2) is 9.50 Å². The highest BCUT2D eigenvalue weighted by atomic mass is 16.1. The van der Waals surface area contributed by atoms with Gasteiger partial charge in [0.05, 0.1) is 0 Å². The number of aromatic nitrogens is 4. The van der Waals surface area contributed by atoms with Crippen molar-refractivity contribution in [2.45, 2.75) is 71.3 Å². The molecule has 2 N–H and O–H groups in total. The molecule has 2 aromatic heterocycles. The Labute approximate surface area is 155 Å². The average Bonchev–Trinajstić information content (AvgIpc) is 2.93. The average molecular weight is 358 g/mol. The van der Waals surface area contributed by atoms with Gasteiger partial charge >= 0.3 is 0 Å². The minimum Gasteiger partial charge on any atom is -0.355 e. The Bertz CT molecular complexity index is 733. The third-order valence-electron chi connectivity index (χ3n) is 5.33. The van der Waals surface area contributed by atoms with Crippen molar-refractivity contribution in [2.24, 2.45) is 0 Å². The topological polar surface area (TPSA) is 84.2 Å². The Morgan fingerprint density at radius 2 is 1.96 bits per heavy atom. The number of nitrogens with one attached hydrogen (secondary N) is 2. The number of hydrogen-bond donors (Lipinski definition) is 2. The SMILES string of the molecule is Cc1nc2ncnn2c(C)c1CCC(=O)NCCNC1CCCCCC1. The molecule has 0 unspecified atom stereocenters. The largest absolute Gasteiger partial charge is 0.355 e. The van der Waals surface area contributed by atoms with Gasteiger partial charge in [-0.1, -0.05) is 25.7 Å². The highest BCUT2D eigenvalue weighted by molar-refractivity contribution is 5.76. The Morgan fingerprint density at radius 1 is 1.19 bits per heavy atom. The normalized spacial score (nSPS) is 15.9. The molecule has 26 heavy (non-hydrogen) atoms. The number of nitrogens with zero attached hydrogens (tertiary/aromatic N) is 4. The molecular formula is C19H30N6O. The van der Waals surface area contributed by atoms with Crippen molar-refractivity contribution >= 4 is 11.7 Å². The zero-order valence-electron chi connectivity index (χ0n) is 15.9. The summed E-state index contributed by atoms with van der Waals surface area (Å²) in [6, 6.07) is 0.625. The van der Waals surface area contributed by atoms with Gasteiger partial charge in [0.25, 0.3) is 5.78 Å². The van der Waals surface area contributed by atoms with E-state index in [0.29, 0.717) is 31.2 Å². The monoisotopic (exact) mass is 358 g/mol. The summed E-state index contributed by atoms with van der Waals surface area (Å²) in [6.45, 7) is 5.50. The highest BCUT2D eigenvalue weighted by Crippen LogP contribution is 2.17. The van der Waals surface area contributed by atoms with Crippen LogP contribution in [0.4, 0.5) is 0 Å². The van der Waals surface area contributed by atoms with Gasteiger partial charge < -0.3 is 10.6 Å². The van der Waals surface area contributed by atoms with E-state index >= 15 is 0 Å². The quantitative estimate of drug-likeness (QED) is 0.585. The van der Waals surface area contributed by atoms with Gasteiger partial charge in [-0.15, -0.1) is 0 Å². The molecule has 0 bridgehead atoms. The first-order valence-electron chi connectivity index (χ1n) is 9.81. The molecule has 1 amide bonds. The summed E-state index contributed by atoms with van der Waals surface area (Å²) in [5, 5.41) is 10.8. The Kier molecular flexibility index (Phi) is 6.55. The lowest BCUT2D eigenvalue weighted by Gasteiger charge is -2.16. The van der Waals surface area contributed by atoms with Crippen LogP contribution in [0.25, 0.3) is 5.78 Å². The maximum Gasteiger partial charge on any atom is 0.252 e. The van der Waals surface area contributed by atoms with Crippen LogP contribution in [-0.4, -0.2) is 44.6 Å². The van der Waals surface area contributed by atoms with Crippen LogP contribution in [0.1, 0.15) is 61.9 Å². The fourth-order valence-corrected chi connectivity index (χ4v) is 3.81. The molecule has 0 aliphatic heterocycles. The van der Waals surface area contributed by atoms with Gasteiger partial charge in [0, 0.05) is 36.9 Å². The van der Waals surface area contributed by atoms with Crippen LogP contribution in [0.2, 0.25) is 0 Å². The van der Waals surface area contributed by atoms with Crippen molar-refractivity contribution in [1.29, 1.82) is 0 Å². The van der Waals surface area contributed by atoms with Crippen molar-refractivity contribution in [3.8, 4) is 0 Å². The van der Waals surface area contributed by atoms with Crippen LogP contribution in [0, 0.1) is 13.8 Å². The molecule has 1 saturated carbocycles. The minimum atomic E-state index is 0.0881. The predicted octanol–water partition coefficient (Wildman–Crippen LogP) is 2.10.